The molecule has 1 aromatic heterocycles. The Labute approximate surface area is 200 Å². The molecule has 0 radical (unpaired) electrons. The third-order valence-corrected chi connectivity index (χ3v) is 8.55. The molecule has 34 heavy (non-hydrogen) atoms. The van der Waals surface area contributed by atoms with Crippen molar-refractivity contribution in [1.82, 2.24) is 25.5 Å². The standard InChI is InChI=1S/C26H34N6O2/c1-15(2)22(28-25(34)26-12-16-9-17(13-26)11-18(10-16)14-26)24(33)27-20-5-3-19(4-6-20)23-29-30-31-32(23)21-7-8-21/h3-6,15-18,21-22H,7-14H2,1-2H3,(H,27,33)(H,28,34). The van der Waals surface area contributed by atoms with Gasteiger partial charge in [0.1, 0.15) is 6.04 Å². The maximum atomic E-state index is 13.5. The quantitative estimate of drug-likeness (QED) is 0.648. The molecule has 2 N–H and O–H groups in total. The molecule has 0 spiro atoms. The first-order chi connectivity index (χ1) is 16.4. The number of rotatable bonds is 7. The van der Waals surface area contributed by atoms with Crippen LogP contribution in [0.1, 0.15) is 71.3 Å². The van der Waals surface area contributed by atoms with E-state index in [0.717, 1.165) is 43.5 Å². The summed E-state index contributed by atoms with van der Waals surface area (Å²) in [6, 6.07) is 7.45. The van der Waals surface area contributed by atoms with Gasteiger partial charge in [-0.3, -0.25) is 9.59 Å². The molecule has 1 aromatic carbocycles. The largest absolute Gasteiger partial charge is 0.344 e. The smallest absolute Gasteiger partial charge is 0.247 e. The Morgan fingerprint density at radius 3 is 2.18 bits per heavy atom. The number of nitrogens with zero attached hydrogens (tertiary/aromatic N) is 4. The highest BCUT2D eigenvalue weighted by Crippen LogP contribution is 2.60. The van der Waals surface area contributed by atoms with Crippen molar-refractivity contribution in [2.24, 2.45) is 29.1 Å². The van der Waals surface area contributed by atoms with E-state index in [1.165, 1.54) is 19.3 Å². The SMILES string of the molecule is CC(C)C(NC(=O)C12CC3CC(CC(C3)C1)C2)C(=O)Nc1ccc(-c2nnnn2C2CC2)cc1. The zero-order valence-electron chi connectivity index (χ0n) is 20.0. The molecule has 8 heteroatoms. The predicted molar refractivity (Wildman–Crippen MR) is 128 cm³/mol. The van der Waals surface area contributed by atoms with Crippen LogP contribution in [0.5, 0.6) is 0 Å². The van der Waals surface area contributed by atoms with Crippen molar-refractivity contribution in [3.63, 3.8) is 0 Å². The number of anilines is 1. The normalized spacial score (nSPS) is 30.4. The molecule has 4 bridgehead atoms. The van der Waals surface area contributed by atoms with Crippen molar-refractivity contribution < 1.29 is 9.59 Å². The van der Waals surface area contributed by atoms with Crippen LogP contribution < -0.4 is 10.6 Å². The summed E-state index contributed by atoms with van der Waals surface area (Å²) in [4.78, 5) is 26.7. The summed E-state index contributed by atoms with van der Waals surface area (Å²) in [5, 5.41) is 18.3. The average molecular weight is 463 g/mol. The molecule has 180 valence electrons. The average Bonchev–Trinajstić information content (AvgIpc) is 3.53. The number of nitrogens with one attached hydrogen (secondary N) is 2. The Morgan fingerprint density at radius 2 is 1.62 bits per heavy atom. The van der Waals surface area contributed by atoms with Crippen molar-refractivity contribution >= 4 is 17.5 Å². The van der Waals surface area contributed by atoms with Gasteiger partial charge in [-0.15, -0.1) is 5.10 Å². The van der Waals surface area contributed by atoms with Gasteiger partial charge in [-0.1, -0.05) is 13.8 Å². The fourth-order valence-corrected chi connectivity index (χ4v) is 7.09. The minimum absolute atomic E-state index is 0.000281. The Balaban J connectivity index is 1.13. The molecule has 5 fully saturated rings. The van der Waals surface area contributed by atoms with Crippen LogP contribution in [0.15, 0.2) is 24.3 Å². The lowest BCUT2D eigenvalue weighted by atomic mass is 9.49. The zero-order chi connectivity index (χ0) is 23.4. The van der Waals surface area contributed by atoms with E-state index in [0.29, 0.717) is 29.5 Å². The highest BCUT2D eigenvalue weighted by molar-refractivity contribution is 5.98. The number of carbonyl (C=O) groups excluding carboxylic acids is 2. The maximum absolute atomic E-state index is 13.5. The van der Waals surface area contributed by atoms with Crippen molar-refractivity contribution in [2.75, 3.05) is 5.32 Å². The molecule has 1 unspecified atom stereocenters. The molecular formula is C26H34N6O2. The zero-order valence-corrected chi connectivity index (χ0v) is 20.0. The van der Waals surface area contributed by atoms with Gasteiger partial charge in [0.05, 0.1) is 6.04 Å². The molecule has 5 aliphatic carbocycles. The van der Waals surface area contributed by atoms with Crippen LogP contribution >= 0.6 is 0 Å². The number of benzene rings is 1. The van der Waals surface area contributed by atoms with Crippen molar-refractivity contribution in [3.05, 3.63) is 24.3 Å². The first kappa shape index (κ1) is 21.7. The number of tetrazole rings is 1. The minimum Gasteiger partial charge on any atom is -0.344 e. The molecule has 5 aliphatic rings. The van der Waals surface area contributed by atoms with Crippen LogP contribution in [0.25, 0.3) is 11.4 Å². The fraction of sp³-hybridized carbons (Fsp3) is 0.654. The van der Waals surface area contributed by atoms with E-state index in [1.54, 1.807) is 0 Å². The van der Waals surface area contributed by atoms with Gasteiger partial charge in [0.15, 0.2) is 5.82 Å². The van der Waals surface area contributed by atoms with Gasteiger partial charge >= 0.3 is 0 Å². The van der Waals surface area contributed by atoms with Gasteiger partial charge < -0.3 is 10.6 Å². The van der Waals surface area contributed by atoms with Crippen molar-refractivity contribution in [3.8, 4) is 11.4 Å². The van der Waals surface area contributed by atoms with Crippen LogP contribution in [0.3, 0.4) is 0 Å². The van der Waals surface area contributed by atoms with Gasteiger partial charge in [-0.05, 0) is 110 Å². The van der Waals surface area contributed by atoms with E-state index in [9.17, 15) is 9.59 Å². The Hall–Kier alpha value is -2.77. The van der Waals surface area contributed by atoms with E-state index in [1.807, 2.05) is 42.8 Å². The third-order valence-electron chi connectivity index (χ3n) is 8.55. The first-order valence-corrected chi connectivity index (χ1v) is 12.9. The van der Waals surface area contributed by atoms with Gasteiger partial charge in [0.2, 0.25) is 11.8 Å². The van der Waals surface area contributed by atoms with Gasteiger partial charge in [-0.2, -0.15) is 0 Å². The molecule has 2 amide bonds. The summed E-state index contributed by atoms with van der Waals surface area (Å²) in [6.07, 6.45) is 9.10. The molecular weight excluding hydrogens is 428 g/mol. The predicted octanol–water partition coefficient (Wildman–Crippen LogP) is 3.97. The molecule has 1 heterocycles. The summed E-state index contributed by atoms with van der Waals surface area (Å²) in [7, 11) is 0. The molecule has 1 atom stereocenters. The van der Waals surface area contributed by atoms with E-state index in [4.69, 9.17) is 0 Å². The lowest BCUT2D eigenvalue weighted by Crippen LogP contribution is -2.57. The second-order valence-corrected chi connectivity index (χ2v) is 11.6. The summed E-state index contributed by atoms with van der Waals surface area (Å²) >= 11 is 0. The van der Waals surface area contributed by atoms with Crippen LogP contribution in [0.4, 0.5) is 5.69 Å². The summed E-state index contributed by atoms with van der Waals surface area (Å²) in [6.45, 7) is 3.98. The van der Waals surface area contributed by atoms with E-state index in [2.05, 4.69) is 26.2 Å². The van der Waals surface area contributed by atoms with Gasteiger partial charge in [0, 0.05) is 16.7 Å². The monoisotopic (exact) mass is 462 g/mol. The molecule has 0 aliphatic heterocycles. The lowest BCUT2D eigenvalue weighted by Gasteiger charge is -2.55. The molecule has 7 rings (SSSR count). The van der Waals surface area contributed by atoms with Crippen LogP contribution in [-0.4, -0.2) is 38.1 Å². The Bertz CT molecular complexity index is 1050. The highest BCUT2D eigenvalue weighted by atomic mass is 16.2. The van der Waals surface area contributed by atoms with Crippen LogP contribution in [0.2, 0.25) is 0 Å². The van der Waals surface area contributed by atoms with E-state index in [-0.39, 0.29) is 23.1 Å². The second kappa shape index (κ2) is 8.17. The topological polar surface area (TPSA) is 102 Å². The maximum Gasteiger partial charge on any atom is 0.247 e. The van der Waals surface area contributed by atoms with E-state index < -0.39 is 6.04 Å². The number of amides is 2. The number of hydrogen-bond donors (Lipinski definition) is 2. The third kappa shape index (κ3) is 3.91. The fourth-order valence-electron chi connectivity index (χ4n) is 7.09. The lowest BCUT2D eigenvalue weighted by molar-refractivity contribution is -0.148. The second-order valence-electron chi connectivity index (χ2n) is 11.6. The Kier molecular flexibility index (Phi) is 5.22. The van der Waals surface area contributed by atoms with Crippen LogP contribution in [0, 0.1) is 29.1 Å². The van der Waals surface area contributed by atoms with Gasteiger partial charge in [0.25, 0.3) is 0 Å². The first-order valence-electron chi connectivity index (χ1n) is 12.9. The van der Waals surface area contributed by atoms with Crippen molar-refractivity contribution in [2.45, 2.75) is 77.3 Å². The number of aromatic nitrogens is 4. The number of hydrogen-bond acceptors (Lipinski definition) is 5. The summed E-state index contributed by atoms with van der Waals surface area (Å²) < 4.78 is 1.88. The number of carbonyl (C=O) groups is 2. The summed E-state index contributed by atoms with van der Waals surface area (Å²) in [5.74, 6) is 2.78. The molecule has 2 aromatic rings. The summed E-state index contributed by atoms with van der Waals surface area (Å²) in [5.41, 5.74) is 1.37. The highest BCUT2D eigenvalue weighted by Gasteiger charge is 2.55. The van der Waals surface area contributed by atoms with Gasteiger partial charge in [-0.25, -0.2) is 4.68 Å². The van der Waals surface area contributed by atoms with E-state index >= 15 is 0 Å². The van der Waals surface area contributed by atoms with Crippen LogP contribution in [-0.2, 0) is 9.59 Å². The Morgan fingerprint density at radius 1 is 1.00 bits per heavy atom. The molecule has 8 nitrogen and oxygen atoms in total. The van der Waals surface area contributed by atoms with Crippen molar-refractivity contribution in [1.29, 1.82) is 0 Å². The molecule has 0 saturated heterocycles. The minimum atomic E-state index is -0.553. The molecule has 5 saturated carbocycles.